The second-order valence-corrected chi connectivity index (χ2v) is 11.8. The second-order valence-electron chi connectivity index (χ2n) is 9.52. The van der Waals surface area contributed by atoms with Crippen molar-refractivity contribution in [1.82, 2.24) is 20.1 Å². The Morgan fingerprint density at radius 2 is 2.06 bits per heavy atom. The maximum atomic E-state index is 13.0. The van der Waals surface area contributed by atoms with Crippen LogP contribution in [0.2, 0.25) is 0 Å². The minimum absolute atomic E-state index is 0.0179. The maximum Gasteiger partial charge on any atom is 0.233 e. The molecule has 1 amide bonds. The van der Waals surface area contributed by atoms with Crippen molar-refractivity contribution in [2.75, 3.05) is 7.11 Å². The van der Waals surface area contributed by atoms with Crippen LogP contribution in [-0.4, -0.2) is 33.0 Å². The third-order valence-corrected chi connectivity index (χ3v) is 9.45. The first kappa shape index (κ1) is 23.4. The van der Waals surface area contributed by atoms with Gasteiger partial charge < -0.3 is 10.1 Å². The van der Waals surface area contributed by atoms with E-state index in [1.54, 1.807) is 18.4 Å². The van der Waals surface area contributed by atoms with E-state index in [1.807, 2.05) is 31.2 Å². The molecule has 0 saturated heterocycles. The summed E-state index contributed by atoms with van der Waals surface area (Å²) in [5.41, 5.74) is 0.962. The van der Waals surface area contributed by atoms with E-state index in [-0.39, 0.29) is 11.2 Å². The van der Waals surface area contributed by atoms with Crippen LogP contribution in [0.4, 0.5) is 0 Å². The molecule has 5 rings (SSSR count). The molecule has 0 spiro atoms. The van der Waals surface area contributed by atoms with Gasteiger partial charge >= 0.3 is 0 Å². The average Bonchev–Trinajstić information content (AvgIpc) is 3.66. The summed E-state index contributed by atoms with van der Waals surface area (Å²) < 4.78 is 7.72. The smallest absolute Gasteiger partial charge is 0.233 e. The number of carbonyl (C=O) groups is 1. The van der Waals surface area contributed by atoms with Crippen LogP contribution >= 0.6 is 23.1 Å². The van der Waals surface area contributed by atoms with Crippen LogP contribution in [-0.2, 0) is 11.3 Å². The Bertz CT molecular complexity index is 1130. The minimum Gasteiger partial charge on any atom is -0.496 e. The van der Waals surface area contributed by atoms with Gasteiger partial charge in [-0.2, -0.15) is 0 Å². The molecule has 0 aliphatic heterocycles. The van der Waals surface area contributed by atoms with Crippen molar-refractivity contribution in [3.8, 4) is 16.5 Å². The highest BCUT2D eigenvalue weighted by molar-refractivity contribution is 8.00. The van der Waals surface area contributed by atoms with Crippen molar-refractivity contribution in [1.29, 1.82) is 0 Å². The van der Waals surface area contributed by atoms with Gasteiger partial charge in [0.05, 0.1) is 17.2 Å². The third-order valence-electron chi connectivity index (χ3n) is 7.52. The summed E-state index contributed by atoms with van der Waals surface area (Å²) in [5.74, 6) is 4.03. The molecule has 1 N–H and O–H groups in total. The Kier molecular flexibility index (Phi) is 6.97. The zero-order valence-corrected chi connectivity index (χ0v) is 21.6. The van der Waals surface area contributed by atoms with Crippen LogP contribution in [0.1, 0.15) is 51.1 Å². The zero-order chi connectivity index (χ0) is 23.7. The summed E-state index contributed by atoms with van der Waals surface area (Å²) in [7, 11) is 1.65. The van der Waals surface area contributed by atoms with Crippen molar-refractivity contribution >= 4 is 29.0 Å². The summed E-state index contributed by atoms with van der Waals surface area (Å²) in [5, 5.41) is 14.9. The van der Waals surface area contributed by atoms with Crippen molar-refractivity contribution in [3.63, 3.8) is 0 Å². The molecule has 2 aliphatic carbocycles. The number of carbonyl (C=O) groups excluding carboxylic acids is 1. The highest BCUT2D eigenvalue weighted by atomic mass is 32.2. The van der Waals surface area contributed by atoms with E-state index in [1.165, 1.54) is 37.4 Å². The molecule has 6 nitrogen and oxygen atoms in total. The van der Waals surface area contributed by atoms with Crippen LogP contribution in [0, 0.1) is 17.8 Å². The fourth-order valence-electron chi connectivity index (χ4n) is 5.76. The number of thioether (sulfide) groups is 1. The number of thiophene rings is 1. The van der Waals surface area contributed by atoms with E-state index in [4.69, 9.17) is 4.74 Å². The maximum absolute atomic E-state index is 13.0. The van der Waals surface area contributed by atoms with E-state index in [9.17, 15) is 4.79 Å². The molecule has 8 heteroatoms. The summed E-state index contributed by atoms with van der Waals surface area (Å²) in [6, 6.07) is 12.2. The Morgan fingerprint density at radius 3 is 2.76 bits per heavy atom. The Labute approximate surface area is 209 Å². The highest BCUT2D eigenvalue weighted by Gasteiger charge is 2.43. The van der Waals surface area contributed by atoms with Crippen LogP contribution < -0.4 is 10.1 Å². The molecule has 2 heterocycles. The number of ether oxygens (including phenoxy) is 1. The van der Waals surface area contributed by atoms with E-state index in [2.05, 4.69) is 44.5 Å². The minimum atomic E-state index is -0.291. The molecule has 2 bridgehead atoms. The molecule has 2 aliphatic rings. The first-order valence-electron chi connectivity index (χ1n) is 12.1. The normalized spacial score (nSPS) is 23.1. The van der Waals surface area contributed by atoms with Gasteiger partial charge in [-0.15, -0.1) is 21.5 Å². The molecular weight excluding hydrogens is 464 g/mol. The van der Waals surface area contributed by atoms with Crippen molar-refractivity contribution in [2.24, 2.45) is 17.8 Å². The summed E-state index contributed by atoms with van der Waals surface area (Å²) in [6.45, 7) is 4.69. The number of amides is 1. The number of hydrogen-bond acceptors (Lipinski definition) is 6. The van der Waals surface area contributed by atoms with E-state index >= 15 is 0 Å². The quantitative estimate of drug-likeness (QED) is 0.379. The Balaban J connectivity index is 1.33. The molecule has 0 radical (unpaired) electrons. The fraction of sp³-hybridized carbons (Fsp3) is 0.500. The summed E-state index contributed by atoms with van der Waals surface area (Å²) in [6.07, 6.45) is 5.40. The molecule has 5 atom stereocenters. The van der Waals surface area contributed by atoms with Gasteiger partial charge in [0.15, 0.2) is 11.0 Å². The van der Waals surface area contributed by atoms with Gasteiger partial charge in [0, 0.05) is 18.2 Å². The number of para-hydroxylation sites is 1. The van der Waals surface area contributed by atoms with Gasteiger partial charge in [-0.25, -0.2) is 0 Å². The lowest BCUT2D eigenvalue weighted by Crippen LogP contribution is -2.31. The number of nitrogens with zero attached hydrogens (tertiary/aromatic N) is 3. The predicted octanol–water partition coefficient (Wildman–Crippen LogP) is 5.81. The molecule has 180 valence electrons. The Morgan fingerprint density at radius 1 is 1.21 bits per heavy atom. The van der Waals surface area contributed by atoms with Gasteiger partial charge in [-0.3, -0.25) is 9.36 Å². The van der Waals surface area contributed by atoms with Crippen molar-refractivity contribution in [3.05, 3.63) is 47.3 Å². The van der Waals surface area contributed by atoms with Crippen LogP contribution in [0.15, 0.2) is 46.9 Å². The first-order chi connectivity index (χ1) is 16.5. The lowest BCUT2D eigenvalue weighted by molar-refractivity contribution is -0.120. The fourth-order valence-corrected chi connectivity index (χ4v) is 7.43. The lowest BCUT2D eigenvalue weighted by Gasteiger charge is -2.30. The van der Waals surface area contributed by atoms with Gasteiger partial charge in [0.25, 0.3) is 0 Å². The van der Waals surface area contributed by atoms with Crippen molar-refractivity contribution in [2.45, 2.75) is 62.5 Å². The highest BCUT2D eigenvalue weighted by Crippen LogP contribution is 2.53. The Hall–Kier alpha value is -2.32. The number of fused-ring (bicyclic) bond motifs is 2. The number of rotatable bonds is 9. The molecule has 3 aromatic rings. The standard InChI is InChI=1S/C26H32N4O2S2/c1-16(21-14-18-10-11-19(21)13-18)30-24(23-9-6-12-33-23)28-29-26(30)34-17(2)25(31)27-15-20-7-4-5-8-22(20)32-3/h4-9,12,16-19,21H,10-11,13-15H2,1-3H3,(H,27,31). The number of nitrogens with one attached hydrogen (secondary N) is 1. The molecular formula is C26H32N4O2S2. The van der Waals surface area contributed by atoms with Gasteiger partial charge in [-0.05, 0) is 68.4 Å². The number of hydrogen-bond donors (Lipinski definition) is 1. The van der Waals surface area contributed by atoms with Crippen LogP contribution in [0.25, 0.3) is 10.7 Å². The van der Waals surface area contributed by atoms with E-state index in [0.29, 0.717) is 18.5 Å². The molecule has 34 heavy (non-hydrogen) atoms. The predicted molar refractivity (Wildman–Crippen MR) is 137 cm³/mol. The lowest BCUT2D eigenvalue weighted by atomic mass is 9.84. The molecule has 5 unspecified atom stereocenters. The summed E-state index contributed by atoms with van der Waals surface area (Å²) in [4.78, 5) is 14.1. The van der Waals surface area contributed by atoms with Crippen LogP contribution in [0.3, 0.4) is 0 Å². The number of benzene rings is 1. The number of aromatic nitrogens is 3. The molecule has 2 saturated carbocycles. The van der Waals surface area contributed by atoms with Gasteiger partial charge in [-0.1, -0.05) is 42.4 Å². The largest absolute Gasteiger partial charge is 0.496 e. The number of methoxy groups -OCH3 is 1. The third kappa shape index (κ3) is 4.62. The van der Waals surface area contributed by atoms with Gasteiger partial charge in [0.2, 0.25) is 5.91 Å². The SMILES string of the molecule is COc1ccccc1CNC(=O)C(C)Sc1nnc(-c2cccs2)n1C(C)C1CC2CCC1C2. The molecule has 1 aromatic carbocycles. The topological polar surface area (TPSA) is 69.0 Å². The zero-order valence-electron chi connectivity index (χ0n) is 19.9. The second kappa shape index (κ2) is 10.1. The van der Waals surface area contributed by atoms with Crippen molar-refractivity contribution < 1.29 is 9.53 Å². The summed E-state index contributed by atoms with van der Waals surface area (Å²) >= 11 is 3.19. The average molecular weight is 497 g/mol. The monoisotopic (exact) mass is 496 g/mol. The van der Waals surface area contributed by atoms with E-state index < -0.39 is 0 Å². The van der Waals surface area contributed by atoms with E-state index in [0.717, 1.165) is 39.0 Å². The first-order valence-corrected chi connectivity index (χ1v) is 13.9. The van der Waals surface area contributed by atoms with Crippen LogP contribution in [0.5, 0.6) is 5.75 Å². The van der Waals surface area contributed by atoms with Gasteiger partial charge in [0.1, 0.15) is 5.75 Å². The molecule has 2 fully saturated rings. The molecule has 2 aromatic heterocycles.